The van der Waals surface area contributed by atoms with Gasteiger partial charge in [-0.25, -0.2) is 0 Å². The predicted molar refractivity (Wildman–Crippen MR) is 114 cm³/mol. The van der Waals surface area contributed by atoms with Crippen molar-refractivity contribution in [2.45, 2.75) is 23.3 Å². The van der Waals surface area contributed by atoms with Crippen LogP contribution >= 0.6 is 11.8 Å². The summed E-state index contributed by atoms with van der Waals surface area (Å²) in [7, 11) is 0. The largest absolute Gasteiger partial charge is 0.460 e. The third kappa shape index (κ3) is 3.82. The molecular weight excluding hydrogens is 366 g/mol. The van der Waals surface area contributed by atoms with E-state index in [9.17, 15) is 4.79 Å². The normalized spacial score (nSPS) is 13.2. The molecule has 28 heavy (non-hydrogen) atoms. The minimum absolute atomic E-state index is 0.258. The first-order valence-electron chi connectivity index (χ1n) is 9.18. The monoisotopic (exact) mass is 387 g/mol. The number of hydrogen-bond donors (Lipinski definition) is 1. The van der Waals surface area contributed by atoms with Crippen LogP contribution in [0.4, 0.5) is 0 Å². The van der Waals surface area contributed by atoms with Gasteiger partial charge in [0.05, 0.1) is 5.03 Å². The van der Waals surface area contributed by atoms with Gasteiger partial charge in [0.15, 0.2) is 0 Å². The number of hydrogen-bond acceptors (Lipinski definition) is 3. The van der Waals surface area contributed by atoms with Crippen LogP contribution in [0.2, 0.25) is 0 Å². The summed E-state index contributed by atoms with van der Waals surface area (Å²) in [6.45, 7) is 2.18. The predicted octanol–water partition coefficient (Wildman–Crippen LogP) is 5.92. The highest BCUT2D eigenvalue weighted by atomic mass is 32.2. The van der Waals surface area contributed by atoms with Gasteiger partial charge >= 0.3 is 5.97 Å². The topological polar surface area (TPSA) is 42.1 Å². The van der Waals surface area contributed by atoms with E-state index in [0.29, 0.717) is 0 Å². The molecule has 3 nitrogen and oxygen atoms in total. The van der Waals surface area contributed by atoms with Crippen molar-refractivity contribution in [1.29, 1.82) is 0 Å². The van der Waals surface area contributed by atoms with E-state index in [1.807, 2.05) is 85.8 Å². The number of para-hydroxylation sites is 1. The maximum Gasteiger partial charge on any atom is 0.327 e. The summed E-state index contributed by atoms with van der Waals surface area (Å²) in [4.78, 5) is 16.6. The smallest absolute Gasteiger partial charge is 0.327 e. The quantitative estimate of drug-likeness (QED) is 0.330. The molecule has 1 unspecified atom stereocenters. The Morgan fingerprint density at radius 3 is 2.29 bits per heavy atom. The van der Waals surface area contributed by atoms with Crippen LogP contribution in [-0.4, -0.2) is 11.0 Å². The lowest BCUT2D eigenvalue weighted by atomic mass is 10.0. The summed E-state index contributed by atoms with van der Waals surface area (Å²) in [6.07, 6.45) is 0. The molecule has 0 aliphatic carbocycles. The molecule has 0 amide bonds. The molecular formula is C24H21NO2S. The first-order chi connectivity index (χ1) is 13.6. The molecule has 4 rings (SSSR count). The van der Waals surface area contributed by atoms with E-state index in [-0.39, 0.29) is 12.6 Å². The van der Waals surface area contributed by atoms with Gasteiger partial charge in [0, 0.05) is 10.9 Å². The van der Waals surface area contributed by atoms with Crippen molar-refractivity contribution < 1.29 is 9.53 Å². The van der Waals surface area contributed by atoms with Crippen molar-refractivity contribution in [2.24, 2.45) is 0 Å². The van der Waals surface area contributed by atoms with E-state index in [2.05, 4.69) is 17.1 Å². The van der Waals surface area contributed by atoms with Crippen LogP contribution < -0.4 is 0 Å². The summed E-state index contributed by atoms with van der Waals surface area (Å²) >= 11 is 1.48. The number of fused-ring (bicyclic) bond motifs is 1. The summed E-state index contributed by atoms with van der Waals surface area (Å²) in [5.41, 5.74) is 2.94. The van der Waals surface area contributed by atoms with Crippen molar-refractivity contribution in [3.63, 3.8) is 0 Å². The number of benzene rings is 3. The number of H-pyrrole nitrogens is 1. The molecule has 0 bridgehead atoms. The highest BCUT2D eigenvalue weighted by molar-refractivity contribution is 8.00. The second-order valence-corrected chi connectivity index (χ2v) is 8.24. The second-order valence-electron chi connectivity index (χ2n) is 6.78. The Hall–Kier alpha value is -2.98. The van der Waals surface area contributed by atoms with Crippen molar-refractivity contribution in [2.75, 3.05) is 0 Å². The lowest BCUT2D eigenvalue weighted by molar-refractivity contribution is -0.147. The van der Waals surface area contributed by atoms with Crippen molar-refractivity contribution in [3.05, 3.63) is 102 Å². The average molecular weight is 388 g/mol. The van der Waals surface area contributed by atoms with Gasteiger partial charge in [-0.1, -0.05) is 90.6 Å². The molecule has 0 fully saturated rings. The standard InChI is InChI=1S/C24H21NO2S/c1-24(20-13-6-3-7-14-20,23(26)27-17-18-10-4-2-5-11-18)28-22-16-19-12-8-9-15-21(19)25-22/h2-16,25H,17H2,1H3. The van der Waals surface area contributed by atoms with Gasteiger partial charge in [-0.2, -0.15) is 0 Å². The number of ether oxygens (including phenoxy) is 1. The van der Waals surface area contributed by atoms with Crippen LogP contribution in [0.1, 0.15) is 18.1 Å². The summed E-state index contributed by atoms with van der Waals surface area (Å²) < 4.78 is 4.86. The zero-order valence-electron chi connectivity index (χ0n) is 15.6. The van der Waals surface area contributed by atoms with Crippen LogP contribution in [0.15, 0.2) is 96.0 Å². The number of aromatic nitrogens is 1. The molecule has 0 saturated heterocycles. The van der Waals surface area contributed by atoms with Crippen LogP contribution in [0, 0.1) is 0 Å². The average Bonchev–Trinajstić information content (AvgIpc) is 3.15. The lowest BCUT2D eigenvalue weighted by Crippen LogP contribution is -2.31. The molecule has 0 radical (unpaired) electrons. The summed E-state index contributed by atoms with van der Waals surface area (Å²) in [5, 5.41) is 2.06. The van der Waals surface area contributed by atoms with Crippen LogP contribution in [-0.2, 0) is 20.9 Å². The number of thioether (sulfide) groups is 1. The molecule has 0 aliphatic rings. The van der Waals surface area contributed by atoms with E-state index >= 15 is 0 Å². The third-order valence-corrected chi connectivity index (χ3v) is 6.00. The first kappa shape index (κ1) is 18.4. The van der Waals surface area contributed by atoms with Gasteiger partial charge in [0.2, 0.25) is 0 Å². The van der Waals surface area contributed by atoms with Gasteiger partial charge in [-0.15, -0.1) is 0 Å². The van der Waals surface area contributed by atoms with E-state index < -0.39 is 4.75 Å². The number of carbonyl (C=O) groups excluding carboxylic acids is 1. The van der Waals surface area contributed by atoms with E-state index in [4.69, 9.17) is 4.74 Å². The van der Waals surface area contributed by atoms with Gasteiger partial charge in [-0.3, -0.25) is 4.79 Å². The van der Waals surface area contributed by atoms with Crippen molar-refractivity contribution >= 4 is 28.6 Å². The minimum atomic E-state index is -0.864. The Kier molecular flexibility index (Phi) is 5.22. The highest BCUT2D eigenvalue weighted by Crippen LogP contribution is 2.42. The van der Waals surface area contributed by atoms with Gasteiger partial charge in [0.25, 0.3) is 0 Å². The molecule has 0 spiro atoms. The first-order valence-corrected chi connectivity index (χ1v) is 10.0. The maximum absolute atomic E-state index is 13.2. The number of aromatic amines is 1. The molecule has 3 aromatic carbocycles. The summed E-state index contributed by atoms with van der Waals surface area (Å²) in [5.74, 6) is -0.258. The van der Waals surface area contributed by atoms with Crippen LogP contribution in [0.25, 0.3) is 10.9 Å². The van der Waals surface area contributed by atoms with E-state index in [1.54, 1.807) is 0 Å². The Balaban J connectivity index is 1.63. The second kappa shape index (κ2) is 7.95. The number of carbonyl (C=O) groups is 1. The van der Waals surface area contributed by atoms with Crippen LogP contribution in [0.5, 0.6) is 0 Å². The Morgan fingerprint density at radius 1 is 0.929 bits per heavy atom. The van der Waals surface area contributed by atoms with Gasteiger partial charge < -0.3 is 9.72 Å². The maximum atomic E-state index is 13.2. The fraction of sp³-hybridized carbons (Fsp3) is 0.125. The third-order valence-electron chi connectivity index (χ3n) is 4.75. The Morgan fingerprint density at radius 2 is 1.57 bits per heavy atom. The van der Waals surface area contributed by atoms with Crippen molar-refractivity contribution in [3.8, 4) is 0 Å². The highest BCUT2D eigenvalue weighted by Gasteiger charge is 2.38. The Labute approximate surface area is 168 Å². The SMILES string of the molecule is CC(Sc1cc2ccccc2[nH]1)(C(=O)OCc1ccccc1)c1ccccc1. The number of nitrogens with one attached hydrogen (secondary N) is 1. The molecule has 1 atom stereocenters. The molecule has 0 aliphatic heterocycles. The summed E-state index contributed by atoms with van der Waals surface area (Å²) in [6, 6.07) is 29.7. The Bertz CT molecular complexity index is 1040. The van der Waals surface area contributed by atoms with Gasteiger partial charge in [-0.05, 0) is 30.2 Å². The van der Waals surface area contributed by atoms with Gasteiger partial charge in [0.1, 0.15) is 11.4 Å². The number of rotatable bonds is 6. The fourth-order valence-electron chi connectivity index (χ4n) is 3.16. The fourth-order valence-corrected chi connectivity index (χ4v) is 4.34. The number of esters is 1. The molecule has 4 aromatic rings. The molecule has 1 heterocycles. The molecule has 0 saturated carbocycles. The lowest BCUT2D eigenvalue weighted by Gasteiger charge is -2.27. The molecule has 1 aromatic heterocycles. The van der Waals surface area contributed by atoms with Crippen LogP contribution in [0.3, 0.4) is 0 Å². The van der Waals surface area contributed by atoms with E-state index in [0.717, 1.165) is 27.1 Å². The molecule has 4 heteroatoms. The molecule has 1 N–H and O–H groups in total. The zero-order chi connectivity index (χ0) is 19.4. The minimum Gasteiger partial charge on any atom is -0.460 e. The zero-order valence-corrected chi connectivity index (χ0v) is 16.4. The van der Waals surface area contributed by atoms with E-state index in [1.165, 1.54) is 11.8 Å². The molecule has 140 valence electrons. The van der Waals surface area contributed by atoms with Crippen molar-refractivity contribution in [1.82, 2.24) is 4.98 Å².